The number of carbonyl (C=O) groups excluding carboxylic acids is 1. The Kier molecular flexibility index (Phi) is 5.99. The first-order valence-corrected chi connectivity index (χ1v) is 9.31. The van der Waals surface area contributed by atoms with Gasteiger partial charge in [-0.05, 0) is 50.5 Å². The van der Waals surface area contributed by atoms with Crippen LogP contribution in [0.4, 0.5) is 13.2 Å². The minimum atomic E-state index is -5.11. The molecule has 0 saturated carbocycles. The van der Waals surface area contributed by atoms with E-state index in [-0.39, 0.29) is 24.1 Å². The molecular weight excluding hydrogens is 391 g/mol. The fraction of sp³-hybridized carbons (Fsp3) is 0.526. The van der Waals surface area contributed by atoms with Gasteiger partial charge in [-0.25, -0.2) is 4.79 Å². The van der Waals surface area contributed by atoms with Crippen molar-refractivity contribution in [1.29, 1.82) is 0 Å². The molecule has 3 rings (SSSR count). The van der Waals surface area contributed by atoms with E-state index in [9.17, 15) is 18.0 Å². The molecule has 0 radical (unpaired) electrons. The molecule has 2 heterocycles. The van der Waals surface area contributed by atoms with Gasteiger partial charge < -0.3 is 19.1 Å². The van der Waals surface area contributed by atoms with E-state index in [1.54, 1.807) is 17.0 Å². The van der Waals surface area contributed by atoms with Crippen LogP contribution in [0.2, 0.25) is 0 Å². The molecule has 7 nitrogen and oxygen atoms in total. The summed E-state index contributed by atoms with van der Waals surface area (Å²) in [6.45, 7) is 2.14. The summed E-state index contributed by atoms with van der Waals surface area (Å²) in [5, 5.41) is 0. The number of hydrogen-bond acceptors (Lipinski definition) is 7. The molecule has 0 spiro atoms. The van der Waals surface area contributed by atoms with Crippen molar-refractivity contribution in [2.45, 2.75) is 38.0 Å². The van der Waals surface area contributed by atoms with Gasteiger partial charge >= 0.3 is 17.8 Å². The Labute approximate surface area is 166 Å². The fourth-order valence-electron chi connectivity index (χ4n) is 3.09. The van der Waals surface area contributed by atoms with Crippen LogP contribution in [0.3, 0.4) is 0 Å². The predicted octanol–water partition coefficient (Wildman–Crippen LogP) is 3.14. The lowest BCUT2D eigenvalue weighted by Crippen LogP contribution is -2.55. The highest BCUT2D eigenvalue weighted by atomic mass is 19.4. The van der Waals surface area contributed by atoms with E-state index < -0.39 is 17.8 Å². The van der Waals surface area contributed by atoms with Crippen LogP contribution in [-0.2, 0) is 14.3 Å². The van der Waals surface area contributed by atoms with Gasteiger partial charge in [-0.1, -0.05) is 0 Å². The first-order valence-electron chi connectivity index (χ1n) is 9.31. The highest BCUT2D eigenvalue weighted by molar-refractivity contribution is 6.05. The monoisotopic (exact) mass is 413 g/mol. The topological polar surface area (TPSA) is 72.7 Å². The van der Waals surface area contributed by atoms with Gasteiger partial charge in [0.25, 0.3) is 6.02 Å². The van der Waals surface area contributed by atoms with Crippen molar-refractivity contribution in [3.63, 3.8) is 0 Å². The van der Waals surface area contributed by atoms with Gasteiger partial charge in [0.05, 0.1) is 13.7 Å². The molecule has 0 N–H and O–H groups in total. The molecule has 0 amide bonds. The molecule has 0 unspecified atom stereocenters. The number of alkyl halides is 3. The van der Waals surface area contributed by atoms with Crippen LogP contribution in [0, 0.1) is 0 Å². The Hall–Kier alpha value is -2.78. The van der Waals surface area contributed by atoms with Crippen molar-refractivity contribution in [2.75, 3.05) is 26.8 Å². The smallest absolute Gasteiger partial charge is 0.446 e. The summed E-state index contributed by atoms with van der Waals surface area (Å²) in [4.78, 5) is 21.3. The maximum absolute atomic E-state index is 14.1. The average molecular weight is 413 g/mol. The van der Waals surface area contributed by atoms with Crippen molar-refractivity contribution in [3.05, 3.63) is 29.8 Å². The number of piperidine rings is 1. The number of benzene rings is 1. The molecule has 2 aliphatic rings. The number of rotatable bonds is 4. The van der Waals surface area contributed by atoms with Gasteiger partial charge in [0.1, 0.15) is 5.75 Å². The van der Waals surface area contributed by atoms with Crippen LogP contribution in [-0.4, -0.2) is 61.4 Å². The molecule has 1 atom stereocenters. The maximum atomic E-state index is 14.1. The molecule has 29 heavy (non-hydrogen) atoms. The third kappa shape index (κ3) is 4.15. The zero-order valence-electron chi connectivity index (χ0n) is 16.2. The molecule has 1 aromatic rings. The Balaban J connectivity index is 2.11. The molecule has 158 valence electrons. The van der Waals surface area contributed by atoms with E-state index in [2.05, 4.69) is 9.98 Å². The Bertz CT molecular complexity index is 802. The Morgan fingerprint density at radius 3 is 2.38 bits per heavy atom. The number of ether oxygens (including phenoxy) is 3. The van der Waals surface area contributed by atoms with Crippen molar-refractivity contribution in [1.82, 2.24) is 4.90 Å². The lowest BCUT2D eigenvalue weighted by molar-refractivity contribution is -0.204. The quantitative estimate of drug-likeness (QED) is 0.710. The molecule has 0 aliphatic carbocycles. The van der Waals surface area contributed by atoms with Gasteiger partial charge in [0.15, 0.2) is 0 Å². The largest absolute Gasteiger partial charge is 0.497 e. The minimum Gasteiger partial charge on any atom is -0.497 e. The summed E-state index contributed by atoms with van der Waals surface area (Å²) in [5.41, 5.74) is -3.16. The first kappa shape index (κ1) is 20.9. The molecule has 1 saturated heterocycles. The predicted molar refractivity (Wildman–Crippen MR) is 98.9 cm³/mol. The van der Waals surface area contributed by atoms with E-state index in [1.807, 2.05) is 0 Å². The number of amidine groups is 1. The third-order valence-corrected chi connectivity index (χ3v) is 4.63. The van der Waals surface area contributed by atoms with Gasteiger partial charge in [0, 0.05) is 18.7 Å². The summed E-state index contributed by atoms with van der Waals surface area (Å²) < 4.78 is 57.7. The number of carbonyl (C=O) groups is 1. The standard InChI is InChI=1S/C19H22F3N3O4/c1-3-28-16(26)18(19(20,21)22)23-15(13-7-9-14(27-2)10-8-13)29-17(24-18)25-11-5-4-6-12-25/h7-10H,3-6,11-12H2,1-2H3/t18-/m1/s1. The number of nitrogens with zero attached hydrogens (tertiary/aromatic N) is 3. The molecule has 0 bridgehead atoms. The highest BCUT2D eigenvalue weighted by Gasteiger charge is 2.65. The Morgan fingerprint density at radius 1 is 1.17 bits per heavy atom. The van der Waals surface area contributed by atoms with E-state index >= 15 is 0 Å². The number of methoxy groups -OCH3 is 1. The fourth-order valence-corrected chi connectivity index (χ4v) is 3.09. The zero-order chi connectivity index (χ0) is 21.1. The summed E-state index contributed by atoms with van der Waals surface area (Å²) in [6.07, 6.45) is -2.57. The van der Waals surface area contributed by atoms with Crippen molar-refractivity contribution in [3.8, 4) is 5.75 Å². The molecule has 1 aromatic carbocycles. The molecule has 1 fully saturated rings. The minimum absolute atomic E-state index is 0.237. The van der Waals surface area contributed by atoms with E-state index in [4.69, 9.17) is 14.2 Å². The average Bonchev–Trinajstić information content (AvgIpc) is 2.73. The van der Waals surface area contributed by atoms with Crippen LogP contribution >= 0.6 is 0 Å². The van der Waals surface area contributed by atoms with Crippen molar-refractivity contribution < 1.29 is 32.2 Å². The molecule has 10 heteroatoms. The third-order valence-electron chi connectivity index (χ3n) is 4.63. The van der Waals surface area contributed by atoms with E-state index in [1.165, 1.54) is 26.2 Å². The van der Waals surface area contributed by atoms with Gasteiger partial charge in [-0.15, -0.1) is 0 Å². The van der Waals surface area contributed by atoms with Gasteiger partial charge in [0.2, 0.25) is 5.90 Å². The highest BCUT2D eigenvalue weighted by Crippen LogP contribution is 2.39. The number of likely N-dealkylation sites (tertiary alicyclic amines) is 1. The van der Waals surface area contributed by atoms with E-state index in [0.717, 1.165) is 19.3 Å². The summed E-state index contributed by atoms with van der Waals surface area (Å²) in [7, 11) is 1.47. The van der Waals surface area contributed by atoms with Crippen molar-refractivity contribution >= 4 is 17.9 Å². The number of aliphatic imine (C=N–C) groups is 2. The summed E-state index contributed by atoms with van der Waals surface area (Å²) >= 11 is 0. The lowest BCUT2D eigenvalue weighted by Gasteiger charge is -2.35. The summed E-state index contributed by atoms with van der Waals surface area (Å²) in [6, 6.07) is 5.85. The number of esters is 1. The summed E-state index contributed by atoms with van der Waals surface area (Å²) in [5.74, 6) is -1.42. The number of halogens is 3. The SMILES string of the molecule is CCOC(=O)[C@@]1(C(F)(F)F)N=C(c2ccc(OC)cc2)OC(N2CCCCC2)=N1. The van der Waals surface area contributed by atoms with Gasteiger partial charge in [-0.3, -0.25) is 0 Å². The van der Waals surface area contributed by atoms with Crippen molar-refractivity contribution in [2.24, 2.45) is 9.98 Å². The number of hydrogen-bond donors (Lipinski definition) is 0. The van der Waals surface area contributed by atoms with Gasteiger partial charge in [-0.2, -0.15) is 23.2 Å². The Morgan fingerprint density at radius 2 is 1.83 bits per heavy atom. The second kappa shape index (κ2) is 8.30. The van der Waals surface area contributed by atoms with Crippen LogP contribution in [0.1, 0.15) is 31.7 Å². The molecule has 2 aliphatic heterocycles. The van der Waals surface area contributed by atoms with Crippen LogP contribution in [0.15, 0.2) is 34.3 Å². The van der Waals surface area contributed by atoms with Crippen LogP contribution in [0.25, 0.3) is 0 Å². The maximum Gasteiger partial charge on any atom is 0.446 e. The first-order chi connectivity index (χ1) is 13.8. The normalized spacial score (nSPS) is 22.3. The molecular formula is C19H22F3N3O4. The van der Waals surface area contributed by atoms with E-state index in [0.29, 0.717) is 18.8 Å². The zero-order valence-corrected chi connectivity index (χ0v) is 16.2. The second-order valence-corrected chi connectivity index (χ2v) is 6.58. The molecule has 0 aromatic heterocycles. The van der Waals surface area contributed by atoms with Crippen LogP contribution in [0.5, 0.6) is 5.75 Å². The second-order valence-electron chi connectivity index (χ2n) is 6.58. The lowest BCUT2D eigenvalue weighted by atomic mass is 10.1. The van der Waals surface area contributed by atoms with Crippen LogP contribution < -0.4 is 4.74 Å².